The monoisotopic (exact) mass is 277 g/mol. The molecule has 0 amide bonds. The van der Waals surface area contributed by atoms with E-state index in [-0.39, 0.29) is 5.56 Å². The van der Waals surface area contributed by atoms with Gasteiger partial charge >= 0.3 is 6.18 Å². The van der Waals surface area contributed by atoms with Gasteiger partial charge in [0.05, 0.1) is 5.56 Å². The minimum Gasteiger partial charge on any atom is -0.507 e. The largest absolute Gasteiger partial charge is 0.507 e. The first-order valence-corrected chi connectivity index (χ1v) is 5.74. The van der Waals surface area contributed by atoms with Crippen LogP contribution in [0.4, 0.5) is 13.2 Å². The second kappa shape index (κ2) is 4.89. The Kier molecular flexibility index (Phi) is 3.41. The van der Waals surface area contributed by atoms with Gasteiger partial charge < -0.3 is 5.11 Å². The topological polar surface area (TPSA) is 44.0 Å². The molecule has 5 heteroatoms. The van der Waals surface area contributed by atoms with Gasteiger partial charge in [-0.1, -0.05) is 29.8 Å². The van der Waals surface area contributed by atoms with Crippen LogP contribution >= 0.6 is 0 Å². The van der Waals surface area contributed by atoms with Crippen molar-refractivity contribution >= 4 is 0 Å². The quantitative estimate of drug-likeness (QED) is 0.846. The maximum atomic E-state index is 12.9. The molecular weight excluding hydrogens is 267 g/mol. The highest BCUT2D eigenvalue weighted by atomic mass is 19.4. The molecule has 0 unspecified atom stereocenters. The molecule has 2 rings (SSSR count). The van der Waals surface area contributed by atoms with Gasteiger partial charge in [-0.3, -0.25) is 0 Å². The number of nitrogens with zero attached hydrogens (tertiary/aromatic N) is 1. The van der Waals surface area contributed by atoms with Crippen molar-refractivity contribution in [3.05, 3.63) is 53.1 Å². The third-order valence-corrected chi connectivity index (χ3v) is 2.92. The Morgan fingerprint density at radius 2 is 1.65 bits per heavy atom. The van der Waals surface area contributed by atoms with Gasteiger partial charge in [-0.15, -0.1) is 0 Å². The van der Waals surface area contributed by atoms with Crippen molar-refractivity contribution in [2.45, 2.75) is 13.1 Å². The van der Waals surface area contributed by atoms with Crippen LogP contribution in [-0.2, 0) is 6.18 Å². The van der Waals surface area contributed by atoms with Crippen molar-refractivity contribution in [2.24, 2.45) is 0 Å². The summed E-state index contributed by atoms with van der Waals surface area (Å²) in [4.78, 5) is 0. The molecule has 20 heavy (non-hydrogen) atoms. The van der Waals surface area contributed by atoms with Crippen LogP contribution in [0.25, 0.3) is 11.1 Å². The van der Waals surface area contributed by atoms with E-state index in [4.69, 9.17) is 5.26 Å². The van der Waals surface area contributed by atoms with Gasteiger partial charge in [-0.2, -0.15) is 18.4 Å². The van der Waals surface area contributed by atoms with Crippen LogP contribution in [0.1, 0.15) is 16.7 Å². The van der Waals surface area contributed by atoms with E-state index < -0.39 is 23.1 Å². The average Bonchev–Trinajstić information content (AvgIpc) is 2.37. The lowest BCUT2D eigenvalue weighted by Crippen LogP contribution is -2.08. The summed E-state index contributed by atoms with van der Waals surface area (Å²) < 4.78 is 38.7. The Morgan fingerprint density at radius 1 is 1.05 bits per heavy atom. The second-order valence-electron chi connectivity index (χ2n) is 4.39. The first kappa shape index (κ1) is 13.9. The summed E-state index contributed by atoms with van der Waals surface area (Å²) >= 11 is 0. The fourth-order valence-electron chi connectivity index (χ4n) is 1.88. The minimum atomic E-state index is -4.69. The van der Waals surface area contributed by atoms with Gasteiger partial charge in [-0.05, 0) is 30.2 Å². The first-order chi connectivity index (χ1) is 9.32. The van der Waals surface area contributed by atoms with Crippen molar-refractivity contribution < 1.29 is 18.3 Å². The summed E-state index contributed by atoms with van der Waals surface area (Å²) in [5.74, 6) is -0.669. The molecule has 2 nitrogen and oxygen atoms in total. The molecule has 2 aromatic carbocycles. The Hall–Kier alpha value is -2.48. The Balaban J connectivity index is 2.66. The zero-order chi connectivity index (χ0) is 14.9. The summed E-state index contributed by atoms with van der Waals surface area (Å²) in [7, 11) is 0. The summed E-state index contributed by atoms with van der Waals surface area (Å²) in [6.07, 6.45) is -4.69. The van der Waals surface area contributed by atoms with E-state index in [1.165, 1.54) is 12.1 Å². The lowest BCUT2D eigenvalue weighted by atomic mass is 9.97. The van der Waals surface area contributed by atoms with Gasteiger partial charge in [0.25, 0.3) is 0 Å². The molecule has 2 aromatic rings. The van der Waals surface area contributed by atoms with Gasteiger partial charge in [0.15, 0.2) is 0 Å². The summed E-state index contributed by atoms with van der Waals surface area (Å²) in [5.41, 5.74) is -0.152. The third-order valence-electron chi connectivity index (χ3n) is 2.92. The number of hydrogen-bond donors (Lipinski definition) is 1. The summed E-state index contributed by atoms with van der Waals surface area (Å²) in [6.45, 7) is 1.86. The smallest absolute Gasteiger partial charge is 0.417 e. The van der Waals surface area contributed by atoms with Crippen molar-refractivity contribution in [3.63, 3.8) is 0 Å². The molecule has 0 fully saturated rings. The number of aryl methyl sites for hydroxylation is 1. The SMILES string of the molecule is Cc1ccc(-c2cc(O)c(C#N)c(C(F)(F)F)c2)cc1. The van der Waals surface area contributed by atoms with E-state index in [1.54, 1.807) is 24.3 Å². The molecule has 0 saturated carbocycles. The first-order valence-electron chi connectivity index (χ1n) is 5.74. The minimum absolute atomic E-state index is 0.217. The highest BCUT2D eigenvalue weighted by Gasteiger charge is 2.35. The summed E-state index contributed by atoms with van der Waals surface area (Å²) in [5, 5.41) is 18.4. The molecule has 0 aliphatic rings. The highest BCUT2D eigenvalue weighted by Crippen LogP contribution is 2.38. The predicted molar refractivity (Wildman–Crippen MR) is 68.0 cm³/mol. The van der Waals surface area contributed by atoms with Crippen LogP contribution in [0.5, 0.6) is 5.75 Å². The standard InChI is InChI=1S/C15H10F3NO/c1-9-2-4-10(5-3-9)11-6-13(15(16,17)18)12(8-19)14(20)7-11/h2-7,20H,1H3. The number of hydrogen-bond acceptors (Lipinski definition) is 2. The second-order valence-corrected chi connectivity index (χ2v) is 4.39. The van der Waals surface area contributed by atoms with Gasteiger partial charge in [-0.25, -0.2) is 0 Å². The van der Waals surface area contributed by atoms with Crippen LogP contribution in [0, 0.1) is 18.3 Å². The average molecular weight is 277 g/mol. The molecule has 0 aliphatic carbocycles. The molecule has 0 bridgehead atoms. The molecule has 0 atom stereocenters. The lowest BCUT2D eigenvalue weighted by Gasteiger charge is -2.12. The number of rotatable bonds is 1. The van der Waals surface area contributed by atoms with Gasteiger partial charge in [0.1, 0.15) is 17.4 Å². The Bertz CT molecular complexity index is 682. The molecule has 1 N–H and O–H groups in total. The molecule has 0 aromatic heterocycles. The zero-order valence-corrected chi connectivity index (χ0v) is 10.5. The Morgan fingerprint density at radius 3 is 2.15 bits per heavy atom. The van der Waals surface area contributed by atoms with Crippen molar-refractivity contribution in [2.75, 3.05) is 0 Å². The van der Waals surface area contributed by atoms with E-state index >= 15 is 0 Å². The van der Waals surface area contributed by atoms with Crippen LogP contribution in [0.15, 0.2) is 36.4 Å². The number of phenolic OH excluding ortho intramolecular Hbond substituents is 1. The molecule has 0 radical (unpaired) electrons. The zero-order valence-electron chi connectivity index (χ0n) is 10.5. The number of alkyl halides is 3. The fraction of sp³-hybridized carbons (Fsp3) is 0.133. The number of phenols is 1. The fourth-order valence-corrected chi connectivity index (χ4v) is 1.88. The lowest BCUT2D eigenvalue weighted by molar-refractivity contribution is -0.137. The van der Waals surface area contributed by atoms with E-state index in [1.807, 2.05) is 6.92 Å². The van der Waals surface area contributed by atoms with Crippen LogP contribution in [0.3, 0.4) is 0 Å². The maximum Gasteiger partial charge on any atom is 0.417 e. The molecular formula is C15H10F3NO. The normalized spacial score (nSPS) is 11.2. The molecule has 0 spiro atoms. The number of benzene rings is 2. The van der Waals surface area contributed by atoms with Crippen LogP contribution in [0.2, 0.25) is 0 Å². The summed E-state index contributed by atoms with van der Waals surface area (Å²) in [6, 6.07) is 10.3. The van der Waals surface area contributed by atoms with Crippen molar-refractivity contribution in [1.82, 2.24) is 0 Å². The number of aromatic hydroxyl groups is 1. The van der Waals surface area contributed by atoms with Crippen LogP contribution in [-0.4, -0.2) is 5.11 Å². The van der Waals surface area contributed by atoms with Crippen LogP contribution < -0.4 is 0 Å². The molecule has 0 saturated heterocycles. The van der Waals surface area contributed by atoms with E-state index in [9.17, 15) is 18.3 Å². The van der Waals surface area contributed by atoms with E-state index in [2.05, 4.69) is 0 Å². The van der Waals surface area contributed by atoms with Gasteiger partial charge in [0, 0.05) is 0 Å². The highest BCUT2D eigenvalue weighted by molar-refractivity contribution is 5.69. The van der Waals surface area contributed by atoms with E-state index in [0.29, 0.717) is 5.56 Å². The van der Waals surface area contributed by atoms with Crippen molar-refractivity contribution in [1.29, 1.82) is 5.26 Å². The maximum absolute atomic E-state index is 12.9. The van der Waals surface area contributed by atoms with Crippen molar-refractivity contribution in [3.8, 4) is 22.9 Å². The molecule has 0 aliphatic heterocycles. The predicted octanol–water partition coefficient (Wildman–Crippen LogP) is 4.26. The Labute approximate surface area is 113 Å². The third kappa shape index (κ3) is 2.59. The molecule has 102 valence electrons. The number of halogens is 3. The van der Waals surface area contributed by atoms with Gasteiger partial charge in [0.2, 0.25) is 0 Å². The van der Waals surface area contributed by atoms with E-state index in [0.717, 1.165) is 11.6 Å². The molecule has 0 heterocycles. The number of nitriles is 1.